The number of fused-ring (bicyclic) bond motifs is 1. The van der Waals surface area contributed by atoms with E-state index in [0.29, 0.717) is 5.56 Å². The van der Waals surface area contributed by atoms with Gasteiger partial charge in [-0.2, -0.15) is 0 Å². The van der Waals surface area contributed by atoms with Crippen LogP contribution < -0.4 is 0 Å². The van der Waals surface area contributed by atoms with Crippen LogP contribution in [0.4, 0.5) is 4.39 Å². The standard InChI is InChI=1S/C15H9FO2S/c16-10-5-6-11(12(8-10)15(17)18)14-7-9-3-1-2-4-13(9)19-14/h1-8H,(H,17,18). The number of hydrogen-bond acceptors (Lipinski definition) is 2. The quantitative estimate of drug-likeness (QED) is 0.750. The molecule has 1 N–H and O–H groups in total. The van der Waals surface area contributed by atoms with Gasteiger partial charge in [0.05, 0.1) is 5.56 Å². The van der Waals surface area contributed by atoms with E-state index < -0.39 is 11.8 Å². The Balaban J connectivity index is 2.23. The van der Waals surface area contributed by atoms with E-state index in [1.807, 2.05) is 30.3 Å². The van der Waals surface area contributed by atoms with Crippen LogP contribution in [0.15, 0.2) is 48.5 Å². The van der Waals surface area contributed by atoms with Gasteiger partial charge in [0.25, 0.3) is 0 Å². The summed E-state index contributed by atoms with van der Waals surface area (Å²) in [4.78, 5) is 12.0. The lowest BCUT2D eigenvalue weighted by Crippen LogP contribution is -1.99. The summed E-state index contributed by atoms with van der Waals surface area (Å²) < 4.78 is 14.2. The molecule has 0 unspecified atom stereocenters. The van der Waals surface area contributed by atoms with Gasteiger partial charge in [0.1, 0.15) is 5.82 Å². The minimum atomic E-state index is -1.12. The molecule has 1 heterocycles. The molecular weight excluding hydrogens is 263 g/mol. The lowest BCUT2D eigenvalue weighted by Gasteiger charge is -2.03. The van der Waals surface area contributed by atoms with Gasteiger partial charge >= 0.3 is 5.97 Å². The van der Waals surface area contributed by atoms with E-state index in [9.17, 15) is 9.18 Å². The van der Waals surface area contributed by atoms with E-state index in [1.165, 1.54) is 23.5 Å². The molecule has 3 aromatic rings. The Bertz CT molecular complexity index is 744. The average molecular weight is 272 g/mol. The van der Waals surface area contributed by atoms with Gasteiger partial charge in [-0.3, -0.25) is 0 Å². The zero-order valence-corrected chi connectivity index (χ0v) is 10.6. The third-order valence-corrected chi connectivity index (χ3v) is 4.05. The molecule has 0 spiro atoms. The molecule has 2 aromatic carbocycles. The largest absolute Gasteiger partial charge is 0.478 e. The lowest BCUT2D eigenvalue weighted by molar-refractivity contribution is 0.0697. The average Bonchev–Trinajstić information content (AvgIpc) is 2.82. The summed E-state index contributed by atoms with van der Waals surface area (Å²) >= 11 is 1.50. The molecule has 94 valence electrons. The van der Waals surface area contributed by atoms with Crippen LogP contribution in [0.2, 0.25) is 0 Å². The summed E-state index contributed by atoms with van der Waals surface area (Å²) in [5, 5.41) is 10.2. The first-order valence-electron chi connectivity index (χ1n) is 5.67. The second-order valence-electron chi connectivity index (χ2n) is 4.14. The van der Waals surface area contributed by atoms with Crippen molar-refractivity contribution < 1.29 is 14.3 Å². The molecule has 0 fully saturated rings. The smallest absolute Gasteiger partial charge is 0.336 e. The zero-order chi connectivity index (χ0) is 13.4. The van der Waals surface area contributed by atoms with Crippen LogP contribution in [0, 0.1) is 5.82 Å². The summed E-state index contributed by atoms with van der Waals surface area (Å²) in [7, 11) is 0. The molecule has 0 atom stereocenters. The Morgan fingerprint density at radius 1 is 1.11 bits per heavy atom. The molecule has 0 aliphatic heterocycles. The summed E-state index contributed by atoms with van der Waals surface area (Å²) in [6.45, 7) is 0. The molecule has 4 heteroatoms. The van der Waals surface area contributed by atoms with Crippen molar-refractivity contribution in [2.24, 2.45) is 0 Å². The SMILES string of the molecule is O=C(O)c1cc(F)ccc1-c1cc2ccccc2s1. The highest BCUT2D eigenvalue weighted by Crippen LogP contribution is 2.35. The molecule has 0 radical (unpaired) electrons. The second kappa shape index (κ2) is 4.48. The number of carboxylic acids is 1. The molecule has 0 saturated carbocycles. The van der Waals surface area contributed by atoms with Crippen LogP contribution in [0.25, 0.3) is 20.5 Å². The first kappa shape index (κ1) is 11.9. The number of thiophene rings is 1. The number of hydrogen-bond donors (Lipinski definition) is 1. The van der Waals surface area contributed by atoms with Crippen LogP contribution >= 0.6 is 11.3 Å². The Labute approximate surface area is 112 Å². The number of aromatic carboxylic acids is 1. The van der Waals surface area contributed by atoms with E-state index in [4.69, 9.17) is 5.11 Å². The van der Waals surface area contributed by atoms with Crippen LogP contribution in [-0.2, 0) is 0 Å². The first-order valence-corrected chi connectivity index (χ1v) is 6.48. The number of carboxylic acid groups (broad SMARTS) is 1. The van der Waals surface area contributed by atoms with Crippen molar-refractivity contribution in [1.82, 2.24) is 0 Å². The molecule has 19 heavy (non-hydrogen) atoms. The first-order chi connectivity index (χ1) is 9.15. The van der Waals surface area contributed by atoms with Crippen LogP contribution in [-0.4, -0.2) is 11.1 Å². The second-order valence-corrected chi connectivity index (χ2v) is 5.23. The fourth-order valence-corrected chi connectivity index (χ4v) is 3.13. The van der Waals surface area contributed by atoms with E-state index in [-0.39, 0.29) is 5.56 Å². The third kappa shape index (κ3) is 2.11. The number of benzene rings is 2. The van der Waals surface area contributed by atoms with E-state index in [1.54, 1.807) is 0 Å². The number of halogens is 1. The van der Waals surface area contributed by atoms with Crippen LogP contribution in [0.1, 0.15) is 10.4 Å². The van der Waals surface area contributed by atoms with E-state index >= 15 is 0 Å². The van der Waals surface area contributed by atoms with Crippen molar-refractivity contribution in [1.29, 1.82) is 0 Å². The molecule has 1 aromatic heterocycles. The highest BCUT2D eigenvalue weighted by atomic mass is 32.1. The molecule has 0 saturated heterocycles. The maximum absolute atomic E-state index is 13.2. The van der Waals surface area contributed by atoms with Gasteiger partial charge in [-0.25, -0.2) is 9.18 Å². The summed E-state index contributed by atoms with van der Waals surface area (Å²) in [5.74, 6) is -1.66. The van der Waals surface area contributed by atoms with E-state index in [0.717, 1.165) is 21.0 Å². The maximum Gasteiger partial charge on any atom is 0.336 e. The monoisotopic (exact) mass is 272 g/mol. The normalized spacial score (nSPS) is 10.8. The Kier molecular flexibility index (Phi) is 2.80. The molecule has 0 bridgehead atoms. The van der Waals surface area contributed by atoms with Gasteiger partial charge < -0.3 is 5.11 Å². The van der Waals surface area contributed by atoms with Crippen molar-refractivity contribution in [3.8, 4) is 10.4 Å². The predicted octanol–water partition coefficient (Wildman–Crippen LogP) is 4.41. The Morgan fingerprint density at radius 3 is 2.63 bits per heavy atom. The third-order valence-electron chi connectivity index (χ3n) is 2.90. The number of rotatable bonds is 2. The predicted molar refractivity (Wildman–Crippen MR) is 74.2 cm³/mol. The van der Waals surface area contributed by atoms with Crippen molar-refractivity contribution in [2.45, 2.75) is 0 Å². The van der Waals surface area contributed by atoms with Gasteiger partial charge in [0, 0.05) is 15.1 Å². The maximum atomic E-state index is 13.2. The van der Waals surface area contributed by atoms with Gasteiger partial charge in [0.2, 0.25) is 0 Å². The molecule has 0 amide bonds. The molecular formula is C15H9FO2S. The Morgan fingerprint density at radius 2 is 1.89 bits per heavy atom. The van der Waals surface area contributed by atoms with Gasteiger partial charge in [0.15, 0.2) is 0 Å². The fourth-order valence-electron chi connectivity index (χ4n) is 2.02. The summed E-state index contributed by atoms with van der Waals surface area (Å²) in [6, 6.07) is 13.6. The zero-order valence-electron chi connectivity index (χ0n) is 9.76. The molecule has 0 aliphatic carbocycles. The molecule has 2 nitrogen and oxygen atoms in total. The van der Waals surface area contributed by atoms with Crippen molar-refractivity contribution in [3.63, 3.8) is 0 Å². The van der Waals surface area contributed by atoms with E-state index in [2.05, 4.69) is 0 Å². The highest BCUT2D eigenvalue weighted by Gasteiger charge is 2.14. The van der Waals surface area contributed by atoms with Crippen molar-refractivity contribution in [3.05, 3.63) is 59.9 Å². The molecule has 0 aliphatic rings. The van der Waals surface area contributed by atoms with Crippen LogP contribution in [0.3, 0.4) is 0 Å². The van der Waals surface area contributed by atoms with Gasteiger partial charge in [-0.15, -0.1) is 11.3 Å². The topological polar surface area (TPSA) is 37.3 Å². The van der Waals surface area contributed by atoms with Crippen LogP contribution in [0.5, 0.6) is 0 Å². The Hall–Kier alpha value is -2.20. The lowest BCUT2D eigenvalue weighted by atomic mass is 10.1. The van der Waals surface area contributed by atoms with Crippen molar-refractivity contribution in [2.75, 3.05) is 0 Å². The fraction of sp³-hybridized carbons (Fsp3) is 0. The minimum absolute atomic E-state index is 0.00782. The van der Waals surface area contributed by atoms with Gasteiger partial charge in [-0.05, 0) is 35.7 Å². The summed E-state index contributed by atoms with van der Waals surface area (Å²) in [5.41, 5.74) is 0.543. The number of carbonyl (C=O) groups is 1. The molecule has 3 rings (SSSR count). The highest BCUT2D eigenvalue weighted by molar-refractivity contribution is 7.22. The van der Waals surface area contributed by atoms with Crippen molar-refractivity contribution >= 4 is 27.4 Å². The van der Waals surface area contributed by atoms with Gasteiger partial charge in [-0.1, -0.05) is 18.2 Å². The summed E-state index contributed by atoms with van der Waals surface area (Å²) in [6.07, 6.45) is 0. The minimum Gasteiger partial charge on any atom is -0.478 e.